The molecule has 2 aliphatic heterocycles. The van der Waals surface area contributed by atoms with Crippen LogP contribution in [-0.2, 0) is 14.3 Å². The molecule has 2 N–H and O–H groups in total. The number of carbonyl (C=O) groups is 2. The highest BCUT2D eigenvalue weighted by atomic mass is 16.5. The molecule has 120 valence electrons. The lowest BCUT2D eigenvalue weighted by Crippen LogP contribution is -2.49. The maximum Gasteiger partial charge on any atom is 0.225 e. The molecule has 0 aliphatic carbocycles. The van der Waals surface area contributed by atoms with E-state index in [4.69, 9.17) is 4.74 Å². The molecule has 2 saturated heterocycles. The molecule has 2 heterocycles. The van der Waals surface area contributed by atoms with E-state index < -0.39 is 0 Å². The van der Waals surface area contributed by atoms with Gasteiger partial charge in [-0.15, -0.1) is 0 Å². The molecule has 2 aliphatic rings. The number of hydrogen-bond acceptors (Lipinski definition) is 4. The molecule has 2 rings (SSSR count). The van der Waals surface area contributed by atoms with Crippen molar-refractivity contribution in [3.05, 3.63) is 0 Å². The molecule has 0 aromatic carbocycles. The van der Waals surface area contributed by atoms with Crippen molar-refractivity contribution in [2.24, 2.45) is 5.92 Å². The first kappa shape index (κ1) is 16.2. The minimum Gasteiger partial charge on any atom is -0.375 e. The molecule has 6 nitrogen and oxygen atoms in total. The molecule has 0 radical (unpaired) electrons. The Morgan fingerprint density at radius 2 is 2.05 bits per heavy atom. The van der Waals surface area contributed by atoms with E-state index in [0.717, 1.165) is 39.0 Å². The molecule has 0 aromatic heterocycles. The fourth-order valence-electron chi connectivity index (χ4n) is 2.72. The van der Waals surface area contributed by atoms with Gasteiger partial charge in [0, 0.05) is 38.1 Å². The largest absolute Gasteiger partial charge is 0.375 e. The Morgan fingerprint density at radius 3 is 2.62 bits per heavy atom. The van der Waals surface area contributed by atoms with E-state index in [1.165, 1.54) is 0 Å². The summed E-state index contributed by atoms with van der Waals surface area (Å²) in [5.74, 6) is 0.277. The predicted molar refractivity (Wildman–Crippen MR) is 79.8 cm³/mol. The standard InChI is InChI=1S/C15H27N3O3/c1-11(2)15(20)17-12-3-6-18(7-4-12)14(19)9-13-10-16-5-8-21-13/h11-13,16H,3-10H2,1-2H3,(H,17,20). The molecule has 0 aromatic rings. The minimum absolute atomic E-state index is 0.00428. The Labute approximate surface area is 126 Å². The van der Waals surface area contributed by atoms with Crippen molar-refractivity contribution in [3.8, 4) is 0 Å². The number of ether oxygens (including phenoxy) is 1. The summed E-state index contributed by atoms with van der Waals surface area (Å²) in [5, 5.41) is 6.29. The number of hydrogen-bond donors (Lipinski definition) is 2. The van der Waals surface area contributed by atoms with Crippen LogP contribution in [0.4, 0.5) is 0 Å². The average molecular weight is 297 g/mol. The quantitative estimate of drug-likeness (QED) is 0.774. The molecule has 1 unspecified atom stereocenters. The van der Waals surface area contributed by atoms with Crippen molar-refractivity contribution in [2.75, 3.05) is 32.8 Å². The van der Waals surface area contributed by atoms with Crippen molar-refractivity contribution in [1.29, 1.82) is 0 Å². The molecule has 1 atom stereocenters. The van der Waals surface area contributed by atoms with Crippen LogP contribution in [0.5, 0.6) is 0 Å². The van der Waals surface area contributed by atoms with Gasteiger partial charge in [-0.1, -0.05) is 13.8 Å². The second kappa shape index (κ2) is 7.75. The lowest BCUT2D eigenvalue weighted by atomic mass is 10.0. The summed E-state index contributed by atoms with van der Waals surface area (Å²) in [6, 6.07) is 0.205. The van der Waals surface area contributed by atoms with Crippen LogP contribution in [0, 0.1) is 5.92 Å². The highest BCUT2D eigenvalue weighted by Gasteiger charge is 2.26. The van der Waals surface area contributed by atoms with Crippen LogP contribution in [0.2, 0.25) is 0 Å². The number of nitrogens with one attached hydrogen (secondary N) is 2. The normalized spacial score (nSPS) is 24.1. The maximum absolute atomic E-state index is 12.2. The van der Waals surface area contributed by atoms with Gasteiger partial charge in [-0.05, 0) is 12.8 Å². The molecule has 2 amide bonds. The molecule has 0 spiro atoms. The summed E-state index contributed by atoms with van der Waals surface area (Å²) in [4.78, 5) is 25.8. The number of amides is 2. The van der Waals surface area contributed by atoms with E-state index in [1.807, 2.05) is 18.7 Å². The predicted octanol–water partition coefficient (Wildman–Crippen LogP) is 0.128. The maximum atomic E-state index is 12.2. The highest BCUT2D eigenvalue weighted by molar-refractivity contribution is 5.78. The van der Waals surface area contributed by atoms with Crippen LogP contribution in [0.3, 0.4) is 0 Å². The number of piperidine rings is 1. The van der Waals surface area contributed by atoms with Crippen molar-refractivity contribution in [3.63, 3.8) is 0 Å². The molecule has 0 bridgehead atoms. The van der Waals surface area contributed by atoms with Gasteiger partial charge < -0.3 is 20.3 Å². The molecular formula is C15H27N3O3. The fourth-order valence-corrected chi connectivity index (χ4v) is 2.72. The summed E-state index contributed by atoms with van der Waals surface area (Å²) >= 11 is 0. The Kier molecular flexibility index (Phi) is 5.99. The van der Waals surface area contributed by atoms with Gasteiger partial charge in [0.05, 0.1) is 19.1 Å². The first-order valence-electron chi connectivity index (χ1n) is 7.96. The third-order valence-electron chi connectivity index (χ3n) is 4.13. The van der Waals surface area contributed by atoms with Crippen molar-refractivity contribution < 1.29 is 14.3 Å². The average Bonchev–Trinajstić information content (AvgIpc) is 2.48. The SMILES string of the molecule is CC(C)C(=O)NC1CCN(C(=O)CC2CNCCO2)CC1. The lowest BCUT2D eigenvalue weighted by molar-refractivity contribution is -0.136. The Hall–Kier alpha value is -1.14. The van der Waals surface area contributed by atoms with Gasteiger partial charge in [-0.3, -0.25) is 9.59 Å². The zero-order chi connectivity index (χ0) is 15.2. The number of morpholine rings is 1. The Balaban J connectivity index is 1.70. The van der Waals surface area contributed by atoms with Crippen molar-refractivity contribution >= 4 is 11.8 Å². The van der Waals surface area contributed by atoms with Gasteiger partial charge in [0.2, 0.25) is 11.8 Å². The van der Waals surface area contributed by atoms with Crippen LogP contribution in [0.15, 0.2) is 0 Å². The smallest absolute Gasteiger partial charge is 0.225 e. The monoisotopic (exact) mass is 297 g/mol. The molecule has 21 heavy (non-hydrogen) atoms. The van der Waals surface area contributed by atoms with E-state index in [9.17, 15) is 9.59 Å². The first-order chi connectivity index (χ1) is 10.1. The number of carbonyl (C=O) groups excluding carboxylic acids is 2. The zero-order valence-electron chi connectivity index (χ0n) is 13.1. The van der Waals surface area contributed by atoms with Crippen molar-refractivity contribution in [1.82, 2.24) is 15.5 Å². The summed E-state index contributed by atoms with van der Waals surface area (Å²) < 4.78 is 5.57. The number of likely N-dealkylation sites (tertiary alicyclic amines) is 1. The molecular weight excluding hydrogens is 270 g/mol. The summed E-state index contributed by atoms with van der Waals surface area (Å²) in [7, 11) is 0. The third kappa shape index (κ3) is 4.97. The second-order valence-corrected chi connectivity index (χ2v) is 6.22. The lowest BCUT2D eigenvalue weighted by Gasteiger charge is -2.34. The minimum atomic E-state index is 0.00428. The van der Waals surface area contributed by atoms with Gasteiger partial charge >= 0.3 is 0 Å². The van der Waals surface area contributed by atoms with Gasteiger partial charge in [0.1, 0.15) is 0 Å². The number of nitrogens with zero attached hydrogens (tertiary/aromatic N) is 1. The van der Waals surface area contributed by atoms with Crippen LogP contribution in [0.1, 0.15) is 33.1 Å². The molecule has 2 fully saturated rings. The molecule has 6 heteroatoms. The van der Waals surface area contributed by atoms with Crippen LogP contribution in [0.25, 0.3) is 0 Å². The van der Waals surface area contributed by atoms with Gasteiger partial charge in [0.15, 0.2) is 0 Å². The molecule has 0 saturated carbocycles. The van der Waals surface area contributed by atoms with Crippen molar-refractivity contribution in [2.45, 2.75) is 45.3 Å². The third-order valence-corrected chi connectivity index (χ3v) is 4.13. The van der Waals surface area contributed by atoms with E-state index in [-0.39, 0.29) is 29.9 Å². The van der Waals surface area contributed by atoms with Gasteiger partial charge in [0.25, 0.3) is 0 Å². The van der Waals surface area contributed by atoms with E-state index in [2.05, 4.69) is 10.6 Å². The van der Waals surface area contributed by atoms with Gasteiger partial charge in [-0.2, -0.15) is 0 Å². The summed E-state index contributed by atoms with van der Waals surface area (Å²) in [6.45, 7) is 7.54. The van der Waals surface area contributed by atoms with E-state index in [1.54, 1.807) is 0 Å². The Bertz CT molecular complexity index is 359. The topological polar surface area (TPSA) is 70.7 Å². The zero-order valence-corrected chi connectivity index (χ0v) is 13.1. The second-order valence-electron chi connectivity index (χ2n) is 6.22. The van der Waals surface area contributed by atoms with E-state index in [0.29, 0.717) is 13.0 Å². The number of rotatable bonds is 4. The van der Waals surface area contributed by atoms with Crippen LogP contribution < -0.4 is 10.6 Å². The first-order valence-corrected chi connectivity index (χ1v) is 7.96. The van der Waals surface area contributed by atoms with Gasteiger partial charge in [-0.25, -0.2) is 0 Å². The van der Waals surface area contributed by atoms with E-state index >= 15 is 0 Å². The fraction of sp³-hybridized carbons (Fsp3) is 0.867. The summed E-state index contributed by atoms with van der Waals surface area (Å²) in [5.41, 5.74) is 0. The summed E-state index contributed by atoms with van der Waals surface area (Å²) in [6.07, 6.45) is 2.14. The Morgan fingerprint density at radius 1 is 1.33 bits per heavy atom. The van der Waals surface area contributed by atoms with Crippen LogP contribution in [-0.4, -0.2) is 61.6 Å². The van der Waals surface area contributed by atoms with Crippen LogP contribution >= 0.6 is 0 Å². The highest BCUT2D eigenvalue weighted by Crippen LogP contribution is 2.14.